The number of allylic oxidation sites excluding steroid dienone is 4. The number of phosphoric ester groups is 1. The highest BCUT2D eigenvalue weighted by atomic mass is 31.2. The second kappa shape index (κ2) is 43.6. The predicted octanol–water partition coefficient (Wildman–Crippen LogP) is 15.2. The van der Waals surface area contributed by atoms with E-state index >= 15 is 0 Å². The molecule has 0 saturated carbocycles. The first-order valence-electron chi connectivity index (χ1n) is 25.1. The Balaban J connectivity index is 4.15. The number of nitrogens with zero attached hydrogens (tertiary/aromatic N) is 1. The molecule has 2 unspecified atom stereocenters. The molecule has 0 aromatic rings. The first-order valence-corrected chi connectivity index (χ1v) is 26.6. The number of ether oxygens (including phenoxy) is 2. The summed E-state index contributed by atoms with van der Waals surface area (Å²) in [5.41, 5.74) is 0. The zero-order chi connectivity index (χ0) is 43.4. The van der Waals surface area contributed by atoms with E-state index in [-0.39, 0.29) is 25.8 Å². The molecule has 0 amide bonds. The van der Waals surface area contributed by atoms with Gasteiger partial charge in [-0.15, -0.1) is 0 Å². The first kappa shape index (κ1) is 58.0. The van der Waals surface area contributed by atoms with Gasteiger partial charge in [-0.25, -0.2) is 4.57 Å². The average Bonchev–Trinajstić information content (AvgIpc) is 3.19. The first-order chi connectivity index (χ1) is 28.6. The second-order valence-corrected chi connectivity index (χ2v) is 19.7. The molecule has 0 heterocycles. The van der Waals surface area contributed by atoms with Crippen LogP contribution in [-0.4, -0.2) is 75.6 Å². The minimum atomic E-state index is -4.28. The average molecular weight is 857 g/mol. The smallest absolute Gasteiger partial charge is 0.457 e. The Hall–Kier alpha value is -1.02. The molecular weight excluding hydrogens is 758 g/mol. The van der Waals surface area contributed by atoms with E-state index in [0.717, 1.165) is 44.9 Å². The van der Waals surface area contributed by atoms with Crippen LogP contribution in [0.5, 0.6) is 0 Å². The normalized spacial score (nSPS) is 13.8. The van der Waals surface area contributed by atoms with Gasteiger partial charge in [-0.05, 0) is 44.9 Å². The maximum absolute atomic E-state index is 12.7. The van der Waals surface area contributed by atoms with Gasteiger partial charge in [-0.3, -0.25) is 13.8 Å². The molecule has 0 saturated heterocycles. The summed E-state index contributed by atoms with van der Waals surface area (Å²) in [6.07, 6.45) is 50.7. The molecule has 0 spiro atoms. The van der Waals surface area contributed by atoms with E-state index in [1.165, 1.54) is 167 Å². The number of quaternary nitrogens is 1. The molecule has 2 atom stereocenters. The molecule has 0 bridgehead atoms. The maximum Gasteiger partial charge on any atom is 0.472 e. The highest BCUT2D eigenvalue weighted by Gasteiger charge is 2.26. The van der Waals surface area contributed by atoms with Crippen molar-refractivity contribution in [2.24, 2.45) is 0 Å². The van der Waals surface area contributed by atoms with E-state index in [4.69, 9.17) is 18.5 Å². The van der Waals surface area contributed by atoms with Gasteiger partial charge in [0.1, 0.15) is 19.3 Å². The zero-order valence-electron chi connectivity index (χ0n) is 39.8. The monoisotopic (exact) mass is 857 g/mol. The summed E-state index contributed by atoms with van der Waals surface area (Å²) in [7, 11) is 1.67. The van der Waals surface area contributed by atoms with Crippen LogP contribution in [0.4, 0.5) is 0 Å². The van der Waals surface area contributed by atoms with Crippen molar-refractivity contribution in [2.75, 3.05) is 54.1 Å². The van der Waals surface area contributed by atoms with E-state index in [1.54, 1.807) is 0 Å². The number of unbranched alkanes of at least 4 members (excludes halogenated alkanes) is 29. The van der Waals surface area contributed by atoms with Crippen LogP contribution in [0.1, 0.15) is 232 Å². The number of hydrogen-bond acceptors (Lipinski definition) is 6. The summed E-state index contributed by atoms with van der Waals surface area (Å²) in [6, 6.07) is 0. The lowest BCUT2D eigenvalue weighted by Gasteiger charge is -2.24. The summed E-state index contributed by atoms with van der Waals surface area (Å²) in [4.78, 5) is 23.0. The number of rotatable bonds is 47. The van der Waals surface area contributed by atoms with E-state index in [9.17, 15) is 14.3 Å². The Morgan fingerprint density at radius 3 is 1.39 bits per heavy atom. The lowest BCUT2D eigenvalue weighted by Crippen LogP contribution is -2.37. The number of phosphoric acid groups is 1. The standard InChI is InChI=1S/C50H98NO7P/c1-6-8-10-12-14-16-18-20-22-24-26-28-30-32-34-36-38-40-42-45-55-47-49(48-57-59(53,54)56-46-44-51(3,4)5)58-50(52)43-41-39-37-35-33-31-29-27-25-23-21-19-17-15-13-11-9-7-2/h17,19,23,25,49H,6-16,18,20-22,24,26-48H2,1-5H3/p+1/b19-17-,25-23-. The molecular formula is C50H99NO7P+. The number of carbonyl (C=O) groups excluding carboxylic acids is 1. The topological polar surface area (TPSA) is 91.3 Å². The second-order valence-electron chi connectivity index (χ2n) is 18.2. The minimum absolute atomic E-state index is 0.0891. The molecule has 0 rings (SSSR count). The lowest BCUT2D eigenvalue weighted by atomic mass is 10.0. The molecule has 0 aliphatic heterocycles. The maximum atomic E-state index is 12.7. The van der Waals surface area contributed by atoms with E-state index in [0.29, 0.717) is 24.1 Å². The Labute approximate surface area is 366 Å². The third-order valence-electron chi connectivity index (χ3n) is 11.0. The fourth-order valence-electron chi connectivity index (χ4n) is 7.11. The van der Waals surface area contributed by atoms with Crippen molar-refractivity contribution in [3.8, 4) is 0 Å². The van der Waals surface area contributed by atoms with Gasteiger partial charge in [0.15, 0.2) is 0 Å². The largest absolute Gasteiger partial charge is 0.472 e. The van der Waals surface area contributed by atoms with E-state index < -0.39 is 13.9 Å². The van der Waals surface area contributed by atoms with Gasteiger partial charge in [0.2, 0.25) is 0 Å². The highest BCUT2D eigenvalue weighted by molar-refractivity contribution is 7.47. The fraction of sp³-hybridized carbons (Fsp3) is 0.900. The van der Waals surface area contributed by atoms with Crippen molar-refractivity contribution >= 4 is 13.8 Å². The quantitative estimate of drug-likeness (QED) is 0.0214. The van der Waals surface area contributed by atoms with Crippen LogP contribution in [0.2, 0.25) is 0 Å². The summed E-state index contributed by atoms with van der Waals surface area (Å²) < 4.78 is 35.1. The Morgan fingerprint density at radius 1 is 0.525 bits per heavy atom. The predicted molar refractivity (Wildman–Crippen MR) is 252 cm³/mol. The van der Waals surface area contributed by atoms with Gasteiger partial charge >= 0.3 is 13.8 Å². The van der Waals surface area contributed by atoms with Crippen molar-refractivity contribution in [3.63, 3.8) is 0 Å². The molecule has 0 aliphatic rings. The molecule has 0 fully saturated rings. The van der Waals surface area contributed by atoms with Gasteiger partial charge in [0, 0.05) is 13.0 Å². The summed E-state index contributed by atoms with van der Waals surface area (Å²) in [5, 5.41) is 0. The van der Waals surface area contributed by atoms with Crippen molar-refractivity contribution < 1.29 is 37.3 Å². The van der Waals surface area contributed by atoms with Crippen LogP contribution in [0, 0.1) is 0 Å². The van der Waals surface area contributed by atoms with Crippen LogP contribution >= 0.6 is 7.82 Å². The van der Waals surface area contributed by atoms with Gasteiger partial charge in [0.25, 0.3) is 0 Å². The van der Waals surface area contributed by atoms with Crippen LogP contribution < -0.4 is 0 Å². The molecule has 59 heavy (non-hydrogen) atoms. The van der Waals surface area contributed by atoms with Crippen LogP contribution in [-0.2, 0) is 27.9 Å². The third-order valence-corrected chi connectivity index (χ3v) is 12.0. The van der Waals surface area contributed by atoms with Crippen LogP contribution in [0.15, 0.2) is 24.3 Å². The number of hydrogen-bond donors (Lipinski definition) is 1. The Morgan fingerprint density at radius 2 is 0.932 bits per heavy atom. The Bertz CT molecular complexity index is 998. The lowest BCUT2D eigenvalue weighted by molar-refractivity contribution is -0.870. The summed E-state index contributed by atoms with van der Waals surface area (Å²) >= 11 is 0. The van der Waals surface area contributed by atoms with Crippen molar-refractivity contribution in [1.29, 1.82) is 0 Å². The zero-order valence-corrected chi connectivity index (χ0v) is 40.6. The SMILES string of the molecule is CCCCCC/C=C\C/C=C\CCCCCCCCCC(=O)OC(COCCCCCCCCCCCCCCCCCCCCC)COP(=O)(O)OCC[N+](C)(C)C. The Kier molecular flexibility index (Phi) is 42.9. The van der Waals surface area contributed by atoms with E-state index in [1.807, 2.05) is 21.1 Å². The molecule has 0 aliphatic carbocycles. The van der Waals surface area contributed by atoms with Gasteiger partial charge < -0.3 is 18.9 Å². The highest BCUT2D eigenvalue weighted by Crippen LogP contribution is 2.43. The molecule has 0 aromatic heterocycles. The summed E-state index contributed by atoms with van der Waals surface area (Å²) in [6.45, 7) is 5.64. The van der Waals surface area contributed by atoms with E-state index in [2.05, 4.69) is 38.2 Å². The fourth-order valence-corrected chi connectivity index (χ4v) is 7.86. The van der Waals surface area contributed by atoms with Crippen molar-refractivity contribution in [2.45, 2.75) is 238 Å². The number of esters is 1. The third kappa shape index (κ3) is 47.9. The van der Waals surface area contributed by atoms with Crippen LogP contribution in [0.25, 0.3) is 0 Å². The number of likely N-dealkylation sites (N-methyl/N-ethyl adjacent to an activating group) is 1. The van der Waals surface area contributed by atoms with Gasteiger partial charge in [0.05, 0.1) is 34.4 Å². The minimum Gasteiger partial charge on any atom is -0.457 e. The molecule has 0 radical (unpaired) electrons. The van der Waals surface area contributed by atoms with Crippen LogP contribution in [0.3, 0.4) is 0 Å². The molecule has 8 nitrogen and oxygen atoms in total. The number of carbonyl (C=O) groups is 1. The molecule has 9 heteroatoms. The molecule has 350 valence electrons. The summed E-state index contributed by atoms with van der Waals surface area (Å²) in [5.74, 6) is -0.317. The molecule has 0 aromatic carbocycles. The van der Waals surface area contributed by atoms with Gasteiger partial charge in [-0.2, -0.15) is 0 Å². The van der Waals surface area contributed by atoms with Crippen molar-refractivity contribution in [3.05, 3.63) is 24.3 Å². The van der Waals surface area contributed by atoms with Crippen molar-refractivity contribution in [1.82, 2.24) is 0 Å². The van der Waals surface area contributed by atoms with Gasteiger partial charge in [-0.1, -0.05) is 205 Å². The molecule has 1 N–H and O–H groups in total.